The van der Waals surface area contributed by atoms with Crippen LogP contribution in [0.3, 0.4) is 0 Å². The lowest BCUT2D eigenvalue weighted by molar-refractivity contribution is 0.0338. The minimum atomic E-state index is -1.03. The van der Waals surface area contributed by atoms with Crippen LogP contribution in [0.4, 0.5) is 14.5 Å². The molecule has 1 aliphatic heterocycles. The Labute approximate surface area is 181 Å². The second-order valence-electron chi connectivity index (χ2n) is 7.30. The monoisotopic (exact) mass is 445 g/mol. The Morgan fingerprint density at radius 2 is 1.94 bits per heavy atom. The quantitative estimate of drug-likeness (QED) is 0.604. The number of rotatable bonds is 6. The predicted octanol–water partition coefficient (Wildman–Crippen LogP) is 2.90. The van der Waals surface area contributed by atoms with Crippen LogP contribution in [0.5, 0.6) is 5.75 Å². The molecule has 1 aromatic heterocycles. The number of benzene rings is 2. The number of primary amides is 1. The average molecular weight is 445 g/mol. The lowest BCUT2D eigenvalue weighted by Gasteiger charge is -2.27. The highest BCUT2D eigenvalue weighted by molar-refractivity contribution is 6.14. The van der Waals surface area contributed by atoms with Crippen molar-refractivity contribution in [1.82, 2.24) is 4.90 Å². The lowest BCUT2D eigenvalue weighted by atomic mass is 10.1. The number of carbonyl (C=O) groups excluding carboxylic acids is 2. The largest absolute Gasteiger partial charge is 0.496 e. The van der Waals surface area contributed by atoms with Gasteiger partial charge in [0.15, 0.2) is 11.4 Å². The van der Waals surface area contributed by atoms with Gasteiger partial charge in [0.25, 0.3) is 11.8 Å². The zero-order valence-electron chi connectivity index (χ0n) is 17.2. The van der Waals surface area contributed by atoms with Gasteiger partial charge >= 0.3 is 0 Å². The fourth-order valence-electron chi connectivity index (χ4n) is 3.65. The fraction of sp³-hybridized carbons (Fsp3) is 0.273. The van der Waals surface area contributed by atoms with Crippen molar-refractivity contribution in [2.45, 2.75) is 6.54 Å². The molecule has 0 atom stereocenters. The molecule has 2 heterocycles. The molecule has 1 aliphatic rings. The molecule has 1 fully saturated rings. The molecule has 3 N–H and O–H groups in total. The molecule has 32 heavy (non-hydrogen) atoms. The summed E-state index contributed by atoms with van der Waals surface area (Å²) >= 11 is 0. The molecule has 2 amide bonds. The molecule has 0 saturated carbocycles. The molecule has 8 nitrogen and oxygen atoms in total. The van der Waals surface area contributed by atoms with Crippen LogP contribution in [0.15, 0.2) is 34.7 Å². The standard InChI is InChI=1S/C22H21F2N3O5/c1-30-17-3-2-12(8-13(17)11-27-4-6-31-7-5-27)22(29)26-18-15-9-14(23)10-16(24)19(15)32-20(18)21(25)28/h2-3,8-10H,4-7,11H2,1H3,(H2,25,28)(H,26,29). The number of nitrogens with one attached hydrogen (secondary N) is 1. The van der Waals surface area contributed by atoms with Crippen LogP contribution in [-0.2, 0) is 11.3 Å². The summed E-state index contributed by atoms with van der Waals surface area (Å²) in [4.78, 5) is 26.9. The highest BCUT2D eigenvalue weighted by Crippen LogP contribution is 2.34. The molecule has 0 spiro atoms. The lowest BCUT2D eigenvalue weighted by Crippen LogP contribution is -2.35. The van der Waals surface area contributed by atoms with Crippen LogP contribution < -0.4 is 15.8 Å². The van der Waals surface area contributed by atoms with E-state index in [0.29, 0.717) is 31.6 Å². The summed E-state index contributed by atoms with van der Waals surface area (Å²) in [7, 11) is 1.54. The fourth-order valence-corrected chi connectivity index (χ4v) is 3.65. The molecule has 10 heteroatoms. The molecule has 1 saturated heterocycles. The van der Waals surface area contributed by atoms with E-state index in [1.54, 1.807) is 18.2 Å². The maximum Gasteiger partial charge on any atom is 0.286 e. The van der Waals surface area contributed by atoms with E-state index < -0.39 is 29.2 Å². The van der Waals surface area contributed by atoms with E-state index in [2.05, 4.69) is 10.2 Å². The first-order valence-electron chi connectivity index (χ1n) is 9.87. The molecule has 3 aromatic rings. The summed E-state index contributed by atoms with van der Waals surface area (Å²) in [6, 6.07) is 6.44. The number of methoxy groups -OCH3 is 1. The zero-order chi connectivity index (χ0) is 22.8. The van der Waals surface area contributed by atoms with Crippen LogP contribution in [0, 0.1) is 11.6 Å². The van der Waals surface area contributed by atoms with Crippen molar-refractivity contribution >= 4 is 28.5 Å². The smallest absolute Gasteiger partial charge is 0.286 e. The molecule has 4 rings (SSSR count). The summed E-state index contributed by atoms with van der Waals surface area (Å²) in [5.74, 6) is -3.40. The van der Waals surface area contributed by atoms with E-state index >= 15 is 0 Å². The number of nitrogens with zero attached hydrogens (tertiary/aromatic N) is 1. The van der Waals surface area contributed by atoms with Gasteiger partial charge in [0.1, 0.15) is 17.3 Å². The number of morpholine rings is 1. The molecular weight excluding hydrogens is 424 g/mol. The number of fused-ring (bicyclic) bond motifs is 1. The van der Waals surface area contributed by atoms with Gasteiger partial charge in [0, 0.05) is 36.8 Å². The van der Waals surface area contributed by atoms with Gasteiger partial charge in [-0.05, 0) is 24.3 Å². The number of amides is 2. The number of nitrogens with two attached hydrogens (primary N) is 1. The van der Waals surface area contributed by atoms with Crippen LogP contribution in [0.1, 0.15) is 26.5 Å². The molecular formula is C22H21F2N3O5. The van der Waals surface area contributed by atoms with E-state index in [9.17, 15) is 18.4 Å². The summed E-state index contributed by atoms with van der Waals surface area (Å²) in [5, 5.41) is 2.41. The Bertz CT molecular complexity index is 1190. The number of hydrogen-bond acceptors (Lipinski definition) is 6. The first-order valence-corrected chi connectivity index (χ1v) is 9.87. The van der Waals surface area contributed by atoms with E-state index in [1.165, 1.54) is 7.11 Å². The maximum absolute atomic E-state index is 14.1. The molecule has 0 aliphatic carbocycles. The van der Waals surface area contributed by atoms with Gasteiger partial charge in [0.05, 0.1) is 25.7 Å². The molecule has 0 radical (unpaired) electrons. The van der Waals surface area contributed by atoms with Crippen LogP contribution in [0.2, 0.25) is 0 Å². The second kappa shape index (κ2) is 8.93. The number of anilines is 1. The van der Waals surface area contributed by atoms with Crippen LogP contribution in [0.25, 0.3) is 11.0 Å². The summed E-state index contributed by atoms with van der Waals surface area (Å²) in [5.41, 5.74) is 5.79. The minimum Gasteiger partial charge on any atom is -0.496 e. The Hall–Kier alpha value is -3.50. The van der Waals surface area contributed by atoms with E-state index in [4.69, 9.17) is 19.6 Å². The zero-order valence-corrected chi connectivity index (χ0v) is 17.2. The Morgan fingerprint density at radius 3 is 2.62 bits per heavy atom. The van der Waals surface area contributed by atoms with Crippen molar-refractivity contribution in [3.63, 3.8) is 0 Å². The van der Waals surface area contributed by atoms with Gasteiger partial charge in [-0.1, -0.05) is 0 Å². The van der Waals surface area contributed by atoms with Crippen LogP contribution >= 0.6 is 0 Å². The third-order valence-corrected chi connectivity index (χ3v) is 5.21. The number of furan rings is 1. The number of halogens is 2. The van der Waals surface area contributed by atoms with Gasteiger partial charge in [-0.15, -0.1) is 0 Å². The maximum atomic E-state index is 14.1. The highest BCUT2D eigenvalue weighted by atomic mass is 19.1. The molecule has 2 aromatic carbocycles. The third-order valence-electron chi connectivity index (χ3n) is 5.21. The van der Waals surface area contributed by atoms with Crippen molar-refractivity contribution in [2.24, 2.45) is 5.73 Å². The number of carbonyl (C=O) groups is 2. The number of ether oxygens (including phenoxy) is 2. The topological polar surface area (TPSA) is 107 Å². The van der Waals surface area contributed by atoms with Gasteiger partial charge in [0.2, 0.25) is 5.76 Å². The Morgan fingerprint density at radius 1 is 1.19 bits per heavy atom. The Kier molecular flexibility index (Phi) is 6.06. The van der Waals surface area contributed by atoms with E-state index in [1.807, 2.05) is 0 Å². The van der Waals surface area contributed by atoms with E-state index in [0.717, 1.165) is 24.7 Å². The molecule has 0 bridgehead atoms. The van der Waals surface area contributed by atoms with Crippen molar-refractivity contribution in [1.29, 1.82) is 0 Å². The molecule has 0 unspecified atom stereocenters. The van der Waals surface area contributed by atoms with Gasteiger partial charge in [-0.3, -0.25) is 14.5 Å². The van der Waals surface area contributed by atoms with Crippen molar-refractivity contribution in [2.75, 3.05) is 38.7 Å². The van der Waals surface area contributed by atoms with Gasteiger partial charge < -0.3 is 24.9 Å². The summed E-state index contributed by atoms with van der Waals surface area (Å²) in [6.07, 6.45) is 0. The SMILES string of the molecule is COc1ccc(C(=O)Nc2c(C(N)=O)oc3c(F)cc(F)cc23)cc1CN1CCOCC1. The first kappa shape index (κ1) is 21.7. The van der Waals surface area contributed by atoms with Crippen molar-refractivity contribution in [3.05, 3.63) is 58.9 Å². The van der Waals surface area contributed by atoms with Crippen molar-refractivity contribution < 1.29 is 32.3 Å². The van der Waals surface area contributed by atoms with E-state index in [-0.39, 0.29) is 22.2 Å². The first-order chi connectivity index (χ1) is 15.4. The number of hydrogen-bond donors (Lipinski definition) is 2. The average Bonchev–Trinajstić information content (AvgIpc) is 3.13. The van der Waals surface area contributed by atoms with Gasteiger partial charge in [-0.25, -0.2) is 8.78 Å². The summed E-state index contributed by atoms with van der Waals surface area (Å²) in [6.45, 7) is 3.29. The third kappa shape index (κ3) is 4.27. The van der Waals surface area contributed by atoms with Crippen LogP contribution in [-0.4, -0.2) is 50.1 Å². The van der Waals surface area contributed by atoms with Crippen molar-refractivity contribution in [3.8, 4) is 5.75 Å². The van der Waals surface area contributed by atoms with Gasteiger partial charge in [-0.2, -0.15) is 0 Å². The predicted molar refractivity (Wildman–Crippen MR) is 112 cm³/mol. The second-order valence-corrected chi connectivity index (χ2v) is 7.30. The highest BCUT2D eigenvalue weighted by Gasteiger charge is 2.24. The molecule has 168 valence electrons. The minimum absolute atomic E-state index is 0.105. The Balaban J connectivity index is 1.67. The summed E-state index contributed by atoms with van der Waals surface area (Å²) < 4.78 is 43.8. The normalized spacial score (nSPS) is 14.5.